The van der Waals surface area contributed by atoms with Gasteiger partial charge in [-0.1, -0.05) is 0 Å². The number of carbonyl (C=O) groups excluding carboxylic acids is 1. The zero-order valence-corrected chi connectivity index (χ0v) is 10.9. The lowest BCUT2D eigenvalue weighted by atomic mass is 10.2. The number of esters is 1. The van der Waals surface area contributed by atoms with Crippen LogP contribution in [0.25, 0.3) is 11.2 Å². The molecule has 3 N–H and O–H groups in total. The number of hydrogen-bond donors (Lipinski definition) is 2. The topological polar surface area (TPSA) is 116 Å². The maximum absolute atomic E-state index is 11.7. The molecule has 0 saturated carbocycles. The highest BCUT2D eigenvalue weighted by molar-refractivity contribution is 5.75. The van der Waals surface area contributed by atoms with Gasteiger partial charge in [-0.05, 0) is 20.8 Å². The first kappa shape index (κ1) is 13.1. The Morgan fingerprint density at radius 2 is 2.21 bits per heavy atom. The van der Waals surface area contributed by atoms with Gasteiger partial charge in [-0.2, -0.15) is 4.98 Å². The fraction of sp³-hybridized carbons (Fsp3) is 0.455. The van der Waals surface area contributed by atoms with E-state index in [1.807, 2.05) is 0 Å². The lowest BCUT2D eigenvalue weighted by Gasteiger charge is -2.19. The first-order chi connectivity index (χ1) is 8.76. The van der Waals surface area contributed by atoms with Gasteiger partial charge in [0.1, 0.15) is 12.1 Å². The molecule has 0 aliphatic heterocycles. The number of aromatic amines is 1. The fourth-order valence-electron chi connectivity index (χ4n) is 1.60. The number of fused-ring (bicyclic) bond motifs is 1. The van der Waals surface area contributed by atoms with Crippen LogP contribution in [0, 0.1) is 0 Å². The van der Waals surface area contributed by atoms with E-state index in [0.29, 0.717) is 0 Å². The van der Waals surface area contributed by atoms with Crippen LogP contribution in [0.3, 0.4) is 0 Å². The molecule has 0 atom stereocenters. The van der Waals surface area contributed by atoms with Crippen LogP contribution in [0.4, 0.5) is 5.95 Å². The number of nitrogens with zero attached hydrogens (tertiary/aromatic N) is 3. The summed E-state index contributed by atoms with van der Waals surface area (Å²) in [5, 5.41) is 0. The summed E-state index contributed by atoms with van der Waals surface area (Å²) in [6.07, 6.45) is 1.36. The highest BCUT2D eigenvalue weighted by Crippen LogP contribution is 2.10. The molecule has 0 aromatic carbocycles. The standard InChI is InChI=1S/C11H15N5O3/c1-11(2,3)19-6(17)4-16-5-13-7-8(16)14-10(12)15-9(7)18/h5H,4H2,1-3H3,(H3,12,14,15,18). The van der Waals surface area contributed by atoms with Crippen molar-refractivity contribution in [3.8, 4) is 0 Å². The van der Waals surface area contributed by atoms with E-state index in [1.165, 1.54) is 10.9 Å². The van der Waals surface area contributed by atoms with Crippen LogP contribution >= 0.6 is 0 Å². The summed E-state index contributed by atoms with van der Waals surface area (Å²) < 4.78 is 6.61. The molecular weight excluding hydrogens is 250 g/mol. The monoisotopic (exact) mass is 265 g/mol. The Balaban J connectivity index is 2.32. The maximum Gasteiger partial charge on any atom is 0.326 e. The van der Waals surface area contributed by atoms with Crippen molar-refractivity contribution in [2.24, 2.45) is 0 Å². The van der Waals surface area contributed by atoms with Gasteiger partial charge in [0.2, 0.25) is 5.95 Å². The predicted octanol–water partition coefficient (Wildman–Crippen LogP) is 0.0435. The Bertz CT molecular complexity index is 680. The van der Waals surface area contributed by atoms with Gasteiger partial charge in [0, 0.05) is 0 Å². The largest absolute Gasteiger partial charge is 0.459 e. The molecule has 2 rings (SSSR count). The summed E-state index contributed by atoms with van der Waals surface area (Å²) in [5.41, 5.74) is 4.84. The minimum absolute atomic E-state index is 0.0246. The lowest BCUT2D eigenvalue weighted by Crippen LogP contribution is -2.26. The molecule has 0 radical (unpaired) electrons. The van der Waals surface area contributed by atoms with Crippen LogP contribution in [-0.4, -0.2) is 31.1 Å². The zero-order chi connectivity index (χ0) is 14.2. The normalized spacial score (nSPS) is 11.7. The average Bonchev–Trinajstić information content (AvgIpc) is 2.58. The van der Waals surface area contributed by atoms with Gasteiger partial charge < -0.3 is 15.0 Å². The smallest absolute Gasteiger partial charge is 0.326 e. The van der Waals surface area contributed by atoms with E-state index in [1.54, 1.807) is 20.8 Å². The van der Waals surface area contributed by atoms with Crippen LogP contribution in [0.15, 0.2) is 11.1 Å². The quantitative estimate of drug-likeness (QED) is 0.741. The fourth-order valence-corrected chi connectivity index (χ4v) is 1.60. The third-order valence-corrected chi connectivity index (χ3v) is 2.21. The van der Waals surface area contributed by atoms with Crippen molar-refractivity contribution in [2.75, 3.05) is 5.73 Å². The Kier molecular flexibility index (Phi) is 3.01. The molecule has 0 aliphatic rings. The van der Waals surface area contributed by atoms with Crippen molar-refractivity contribution in [2.45, 2.75) is 32.9 Å². The van der Waals surface area contributed by atoms with Gasteiger partial charge in [-0.15, -0.1) is 0 Å². The van der Waals surface area contributed by atoms with E-state index >= 15 is 0 Å². The van der Waals surface area contributed by atoms with E-state index in [0.717, 1.165) is 0 Å². The molecule has 8 heteroatoms. The van der Waals surface area contributed by atoms with Crippen LogP contribution in [0.5, 0.6) is 0 Å². The minimum atomic E-state index is -0.572. The van der Waals surface area contributed by atoms with E-state index in [-0.39, 0.29) is 23.7 Å². The molecule has 0 saturated heterocycles. The Hall–Kier alpha value is -2.38. The molecule has 0 bridgehead atoms. The number of imidazole rings is 1. The molecule has 19 heavy (non-hydrogen) atoms. The van der Waals surface area contributed by atoms with E-state index < -0.39 is 17.1 Å². The number of carbonyl (C=O) groups is 1. The third kappa shape index (κ3) is 2.90. The zero-order valence-electron chi connectivity index (χ0n) is 10.9. The summed E-state index contributed by atoms with van der Waals surface area (Å²) in [4.78, 5) is 33.5. The lowest BCUT2D eigenvalue weighted by molar-refractivity contribution is -0.155. The number of nitrogens with one attached hydrogen (secondary N) is 1. The number of anilines is 1. The Labute approximate surface area is 108 Å². The summed E-state index contributed by atoms with van der Waals surface area (Å²) in [5.74, 6) is -0.462. The molecule has 0 aliphatic carbocycles. The molecule has 102 valence electrons. The van der Waals surface area contributed by atoms with Crippen molar-refractivity contribution in [3.05, 3.63) is 16.7 Å². The predicted molar refractivity (Wildman–Crippen MR) is 68.4 cm³/mol. The second-order valence-electron chi connectivity index (χ2n) is 5.08. The average molecular weight is 265 g/mol. The molecule has 2 heterocycles. The SMILES string of the molecule is CC(C)(C)OC(=O)Cn1cnc2c(=O)[nH]c(N)nc21. The number of rotatable bonds is 2. The number of ether oxygens (including phenoxy) is 1. The van der Waals surface area contributed by atoms with Crippen LogP contribution in [-0.2, 0) is 16.1 Å². The highest BCUT2D eigenvalue weighted by atomic mass is 16.6. The minimum Gasteiger partial charge on any atom is -0.459 e. The summed E-state index contributed by atoms with van der Waals surface area (Å²) in [7, 11) is 0. The second-order valence-corrected chi connectivity index (χ2v) is 5.08. The first-order valence-corrected chi connectivity index (χ1v) is 5.69. The van der Waals surface area contributed by atoms with Gasteiger partial charge >= 0.3 is 5.97 Å². The molecule has 0 amide bonds. The van der Waals surface area contributed by atoms with Gasteiger partial charge in [0.15, 0.2) is 11.2 Å². The summed E-state index contributed by atoms with van der Waals surface area (Å²) in [6, 6.07) is 0. The van der Waals surface area contributed by atoms with Crippen LogP contribution in [0.2, 0.25) is 0 Å². The molecule has 2 aromatic heterocycles. The van der Waals surface area contributed by atoms with Crippen molar-refractivity contribution in [1.29, 1.82) is 0 Å². The first-order valence-electron chi connectivity index (χ1n) is 5.69. The molecule has 0 unspecified atom stereocenters. The van der Waals surface area contributed by atoms with E-state index in [9.17, 15) is 9.59 Å². The van der Waals surface area contributed by atoms with Crippen molar-refractivity contribution < 1.29 is 9.53 Å². The summed E-state index contributed by atoms with van der Waals surface area (Å²) >= 11 is 0. The van der Waals surface area contributed by atoms with Gasteiger partial charge in [0.25, 0.3) is 5.56 Å². The Morgan fingerprint density at radius 1 is 1.53 bits per heavy atom. The number of aromatic nitrogens is 4. The number of H-pyrrole nitrogens is 1. The molecule has 8 nitrogen and oxygen atoms in total. The Morgan fingerprint density at radius 3 is 2.84 bits per heavy atom. The molecular formula is C11H15N5O3. The van der Waals surface area contributed by atoms with Crippen LogP contribution < -0.4 is 11.3 Å². The van der Waals surface area contributed by atoms with Crippen LogP contribution in [0.1, 0.15) is 20.8 Å². The van der Waals surface area contributed by atoms with Gasteiger partial charge in [0.05, 0.1) is 6.33 Å². The number of nitrogens with two attached hydrogens (primary N) is 1. The van der Waals surface area contributed by atoms with E-state index in [4.69, 9.17) is 10.5 Å². The molecule has 0 spiro atoms. The van der Waals surface area contributed by atoms with Crippen molar-refractivity contribution in [3.63, 3.8) is 0 Å². The molecule has 0 fully saturated rings. The van der Waals surface area contributed by atoms with Crippen molar-refractivity contribution >= 4 is 23.1 Å². The van der Waals surface area contributed by atoms with Gasteiger partial charge in [-0.3, -0.25) is 14.6 Å². The number of hydrogen-bond acceptors (Lipinski definition) is 6. The number of nitrogen functional groups attached to an aromatic ring is 1. The van der Waals surface area contributed by atoms with E-state index in [2.05, 4.69) is 15.0 Å². The van der Waals surface area contributed by atoms with Crippen molar-refractivity contribution in [1.82, 2.24) is 19.5 Å². The summed E-state index contributed by atoms with van der Waals surface area (Å²) in [6.45, 7) is 5.25. The van der Waals surface area contributed by atoms with Gasteiger partial charge in [-0.25, -0.2) is 4.98 Å². The maximum atomic E-state index is 11.7. The third-order valence-electron chi connectivity index (χ3n) is 2.21. The second kappa shape index (κ2) is 4.38. The molecule has 2 aromatic rings. The highest BCUT2D eigenvalue weighted by Gasteiger charge is 2.18.